The topological polar surface area (TPSA) is 56.2 Å². The van der Waals surface area contributed by atoms with Crippen LogP contribution in [0.4, 0.5) is 0 Å². The minimum atomic E-state index is -0.301. The first-order valence-electron chi connectivity index (χ1n) is 7.04. The van der Waals surface area contributed by atoms with E-state index in [0.29, 0.717) is 17.9 Å². The van der Waals surface area contributed by atoms with Gasteiger partial charge in [0.05, 0.1) is 12.1 Å². The Morgan fingerprint density at radius 3 is 2.68 bits per heavy atom. The maximum absolute atomic E-state index is 12.4. The Morgan fingerprint density at radius 2 is 2.05 bits per heavy atom. The number of ether oxygens (including phenoxy) is 1. The molecule has 19 heavy (non-hydrogen) atoms. The minimum absolute atomic E-state index is 0.130. The molecule has 1 fully saturated rings. The van der Waals surface area contributed by atoms with E-state index in [9.17, 15) is 4.79 Å². The van der Waals surface area contributed by atoms with Gasteiger partial charge in [0, 0.05) is 18.9 Å². The Morgan fingerprint density at radius 1 is 1.37 bits per heavy atom. The lowest BCUT2D eigenvalue weighted by Gasteiger charge is -2.39. The number of piperidine rings is 1. The number of fused-ring (bicyclic) bond motifs is 1. The molecule has 5 nitrogen and oxygen atoms in total. The summed E-state index contributed by atoms with van der Waals surface area (Å²) in [7, 11) is 0. The number of Topliss-reactive ketones (excluding diaryl/α,β-unsaturated/α-hetero) is 1. The van der Waals surface area contributed by atoms with Crippen molar-refractivity contribution in [1.29, 1.82) is 0 Å². The SMILES string of the molecule is Cc1c2c(nn1C(C)C)C(=O)CC1(CCNCC1)O2. The molecule has 3 rings (SSSR count). The molecule has 2 aliphatic rings. The van der Waals surface area contributed by atoms with Crippen LogP contribution in [0, 0.1) is 6.92 Å². The van der Waals surface area contributed by atoms with Gasteiger partial charge in [0.25, 0.3) is 0 Å². The first-order chi connectivity index (χ1) is 9.02. The first-order valence-corrected chi connectivity index (χ1v) is 7.04. The molecule has 3 heterocycles. The van der Waals surface area contributed by atoms with E-state index in [0.717, 1.165) is 31.6 Å². The fourth-order valence-corrected chi connectivity index (χ4v) is 3.10. The molecule has 0 aromatic carbocycles. The van der Waals surface area contributed by atoms with Crippen LogP contribution in [0.2, 0.25) is 0 Å². The quantitative estimate of drug-likeness (QED) is 0.840. The molecule has 104 valence electrons. The Balaban J connectivity index is 2.01. The van der Waals surface area contributed by atoms with E-state index in [-0.39, 0.29) is 17.4 Å². The number of ketones is 1. The van der Waals surface area contributed by atoms with Crippen LogP contribution < -0.4 is 10.1 Å². The number of nitrogens with zero attached hydrogens (tertiary/aromatic N) is 2. The Bertz CT molecular complexity index is 513. The molecule has 1 aromatic heterocycles. The normalized spacial score (nSPS) is 21.6. The molecule has 0 amide bonds. The van der Waals surface area contributed by atoms with E-state index >= 15 is 0 Å². The number of carbonyl (C=O) groups excluding carboxylic acids is 1. The molecule has 0 saturated carbocycles. The van der Waals surface area contributed by atoms with E-state index in [1.807, 2.05) is 11.6 Å². The van der Waals surface area contributed by atoms with Crippen molar-refractivity contribution in [3.05, 3.63) is 11.4 Å². The summed E-state index contributed by atoms with van der Waals surface area (Å²) < 4.78 is 8.14. The number of carbonyl (C=O) groups is 1. The van der Waals surface area contributed by atoms with Crippen molar-refractivity contribution in [3.63, 3.8) is 0 Å². The highest BCUT2D eigenvalue weighted by molar-refractivity contribution is 5.98. The summed E-state index contributed by atoms with van der Waals surface area (Å²) >= 11 is 0. The zero-order chi connectivity index (χ0) is 13.6. The summed E-state index contributed by atoms with van der Waals surface area (Å²) in [4.78, 5) is 12.4. The highest BCUT2D eigenvalue weighted by atomic mass is 16.5. The van der Waals surface area contributed by atoms with Crippen molar-refractivity contribution < 1.29 is 9.53 Å². The maximum atomic E-state index is 12.4. The van der Waals surface area contributed by atoms with Gasteiger partial charge in [0.1, 0.15) is 5.60 Å². The number of hydrogen-bond donors (Lipinski definition) is 1. The highest BCUT2D eigenvalue weighted by Gasteiger charge is 2.44. The van der Waals surface area contributed by atoms with Crippen molar-refractivity contribution in [2.75, 3.05) is 13.1 Å². The summed E-state index contributed by atoms with van der Waals surface area (Å²) in [5.41, 5.74) is 1.19. The second kappa shape index (κ2) is 4.34. The standard InChI is InChI=1S/C14H21N3O2/c1-9(2)17-10(3)13-12(16-17)11(18)8-14(19-13)4-6-15-7-5-14/h9,15H,4-8H2,1-3H3. The largest absolute Gasteiger partial charge is 0.482 e. The fourth-order valence-electron chi connectivity index (χ4n) is 3.10. The average Bonchev–Trinajstić information content (AvgIpc) is 2.68. The van der Waals surface area contributed by atoms with Crippen LogP contribution in [0.25, 0.3) is 0 Å². The van der Waals surface area contributed by atoms with Crippen LogP contribution in [0.3, 0.4) is 0 Å². The lowest BCUT2D eigenvalue weighted by atomic mass is 9.84. The van der Waals surface area contributed by atoms with Gasteiger partial charge in [-0.2, -0.15) is 5.10 Å². The van der Waals surface area contributed by atoms with Crippen molar-refractivity contribution in [2.24, 2.45) is 0 Å². The third-order valence-corrected chi connectivity index (χ3v) is 4.16. The highest BCUT2D eigenvalue weighted by Crippen LogP contribution is 2.40. The second-order valence-corrected chi connectivity index (χ2v) is 5.94. The maximum Gasteiger partial charge on any atom is 0.190 e. The number of hydrogen-bond acceptors (Lipinski definition) is 4. The van der Waals surface area contributed by atoms with Gasteiger partial charge in [0.15, 0.2) is 17.2 Å². The van der Waals surface area contributed by atoms with Gasteiger partial charge >= 0.3 is 0 Å². The molecular formula is C14H21N3O2. The van der Waals surface area contributed by atoms with Gasteiger partial charge in [-0.1, -0.05) is 0 Å². The van der Waals surface area contributed by atoms with Crippen molar-refractivity contribution in [1.82, 2.24) is 15.1 Å². The van der Waals surface area contributed by atoms with E-state index in [1.165, 1.54) is 0 Å². The van der Waals surface area contributed by atoms with Crippen LogP contribution in [-0.2, 0) is 0 Å². The molecule has 1 aromatic rings. The van der Waals surface area contributed by atoms with Gasteiger partial charge in [-0.05, 0) is 33.9 Å². The lowest BCUT2D eigenvalue weighted by molar-refractivity contribution is 0.0180. The van der Waals surface area contributed by atoms with Gasteiger partial charge in [-0.25, -0.2) is 0 Å². The molecule has 5 heteroatoms. The predicted molar refractivity (Wildman–Crippen MR) is 71.8 cm³/mol. The van der Waals surface area contributed by atoms with Crippen LogP contribution >= 0.6 is 0 Å². The zero-order valence-corrected chi connectivity index (χ0v) is 11.8. The smallest absolute Gasteiger partial charge is 0.190 e. The third kappa shape index (κ3) is 1.96. The van der Waals surface area contributed by atoms with Gasteiger partial charge in [-0.3, -0.25) is 9.48 Å². The molecule has 2 aliphatic heterocycles. The lowest BCUT2D eigenvalue weighted by Crippen LogP contribution is -2.49. The monoisotopic (exact) mass is 263 g/mol. The average molecular weight is 263 g/mol. The minimum Gasteiger partial charge on any atom is -0.482 e. The van der Waals surface area contributed by atoms with Crippen molar-refractivity contribution in [3.8, 4) is 5.75 Å². The molecule has 0 bridgehead atoms. The Hall–Kier alpha value is -1.36. The number of nitrogens with one attached hydrogen (secondary N) is 1. The summed E-state index contributed by atoms with van der Waals surface area (Å²) in [5.74, 6) is 0.845. The predicted octanol–water partition coefficient (Wildman–Crippen LogP) is 1.86. The molecule has 0 unspecified atom stereocenters. The molecule has 0 aliphatic carbocycles. The number of rotatable bonds is 1. The zero-order valence-electron chi connectivity index (χ0n) is 11.8. The summed E-state index contributed by atoms with van der Waals surface area (Å²) in [5, 5.41) is 7.76. The van der Waals surface area contributed by atoms with Crippen LogP contribution in [-0.4, -0.2) is 34.3 Å². The molecule has 0 atom stereocenters. The summed E-state index contributed by atoms with van der Waals surface area (Å²) in [6, 6.07) is 0.242. The van der Waals surface area contributed by atoms with Crippen molar-refractivity contribution >= 4 is 5.78 Å². The third-order valence-electron chi connectivity index (χ3n) is 4.16. The van der Waals surface area contributed by atoms with E-state index < -0.39 is 0 Å². The molecule has 0 radical (unpaired) electrons. The van der Waals surface area contributed by atoms with Crippen LogP contribution in [0.5, 0.6) is 5.75 Å². The summed E-state index contributed by atoms with van der Waals surface area (Å²) in [6.45, 7) is 7.95. The van der Waals surface area contributed by atoms with E-state index in [4.69, 9.17) is 4.74 Å². The van der Waals surface area contributed by atoms with Crippen molar-refractivity contribution in [2.45, 2.75) is 51.7 Å². The van der Waals surface area contributed by atoms with E-state index in [2.05, 4.69) is 24.3 Å². The molecule has 1 N–H and O–H groups in total. The Labute approximate surface area is 113 Å². The molecular weight excluding hydrogens is 242 g/mol. The van der Waals surface area contributed by atoms with Gasteiger partial charge in [0.2, 0.25) is 0 Å². The van der Waals surface area contributed by atoms with Gasteiger partial charge in [-0.15, -0.1) is 0 Å². The molecule has 1 spiro atoms. The summed E-state index contributed by atoms with van der Waals surface area (Å²) in [6.07, 6.45) is 2.26. The number of aromatic nitrogens is 2. The van der Waals surface area contributed by atoms with Crippen LogP contribution in [0.1, 0.15) is 55.3 Å². The fraction of sp³-hybridized carbons (Fsp3) is 0.714. The molecule has 1 saturated heterocycles. The Kier molecular flexibility index (Phi) is 2.89. The second-order valence-electron chi connectivity index (χ2n) is 5.94. The van der Waals surface area contributed by atoms with Crippen LogP contribution in [0.15, 0.2) is 0 Å². The van der Waals surface area contributed by atoms with Gasteiger partial charge < -0.3 is 10.1 Å². The first kappa shape index (κ1) is 12.7. The van der Waals surface area contributed by atoms with E-state index in [1.54, 1.807) is 0 Å².